The number of likely N-dealkylation sites (tertiary alicyclic amines) is 1. The van der Waals surface area contributed by atoms with Gasteiger partial charge in [0.1, 0.15) is 16.3 Å². The third kappa shape index (κ3) is 4.95. The molecule has 1 fully saturated rings. The predicted octanol–water partition coefficient (Wildman–Crippen LogP) is 2.71. The number of halogens is 1. The number of hydrogen-bond donors (Lipinski definition) is 2. The van der Waals surface area contributed by atoms with Crippen molar-refractivity contribution >= 4 is 34.5 Å². The standard InChI is InChI=1S/C18H24ClN5O3/c1-18(2,3)27-17(26)24-7-4-13(25)11(10-24)9-22-16-15-12(8-14(19)23-16)20-5-6-21-15/h5-6,8,11,13,25H,4,7,9-10H2,1-3H3,(H,22,23)/t11-,13-/m1/s1. The second kappa shape index (κ2) is 7.82. The molecule has 9 heteroatoms. The molecule has 0 bridgehead atoms. The summed E-state index contributed by atoms with van der Waals surface area (Å²) in [4.78, 5) is 26.8. The van der Waals surface area contributed by atoms with Crippen LogP contribution in [0.25, 0.3) is 11.0 Å². The number of aliphatic hydroxyl groups is 1. The minimum absolute atomic E-state index is 0.168. The molecule has 8 nitrogen and oxygen atoms in total. The Balaban J connectivity index is 1.69. The van der Waals surface area contributed by atoms with E-state index in [1.165, 1.54) is 0 Å². The number of fused-ring (bicyclic) bond motifs is 1. The number of rotatable bonds is 3. The summed E-state index contributed by atoms with van der Waals surface area (Å²) in [5.41, 5.74) is 0.694. The van der Waals surface area contributed by atoms with Crippen LogP contribution < -0.4 is 5.32 Å². The number of hydrogen-bond acceptors (Lipinski definition) is 7. The lowest BCUT2D eigenvalue weighted by Gasteiger charge is -2.37. The first-order chi connectivity index (χ1) is 12.7. The summed E-state index contributed by atoms with van der Waals surface area (Å²) in [5, 5.41) is 13.9. The van der Waals surface area contributed by atoms with Crippen molar-refractivity contribution in [3.05, 3.63) is 23.6 Å². The van der Waals surface area contributed by atoms with Crippen molar-refractivity contribution in [2.45, 2.75) is 38.9 Å². The zero-order chi connectivity index (χ0) is 19.6. The van der Waals surface area contributed by atoms with E-state index in [2.05, 4.69) is 20.3 Å². The van der Waals surface area contributed by atoms with Crippen LogP contribution in [-0.4, -0.2) is 62.4 Å². The summed E-state index contributed by atoms with van der Waals surface area (Å²) >= 11 is 6.06. The monoisotopic (exact) mass is 393 g/mol. The average Bonchev–Trinajstić information content (AvgIpc) is 2.59. The number of nitrogens with zero attached hydrogens (tertiary/aromatic N) is 4. The maximum atomic E-state index is 12.3. The number of nitrogens with one attached hydrogen (secondary N) is 1. The number of aliphatic hydroxyl groups excluding tert-OH is 1. The van der Waals surface area contributed by atoms with Crippen LogP contribution >= 0.6 is 11.6 Å². The molecule has 2 aromatic rings. The van der Waals surface area contributed by atoms with Gasteiger partial charge in [-0.1, -0.05) is 11.6 Å². The van der Waals surface area contributed by atoms with Crippen LogP contribution in [0.4, 0.5) is 10.6 Å². The lowest BCUT2D eigenvalue weighted by molar-refractivity contribution is -0.00583. The summed E-state index contributed by atoms with van der Waals surface area (Å²) in [6.07, 6.45) is 2.79. The molecule has 1 amide bonds. The van der Waals surface area contributed by atoms with Crippen molar-refractivity contribution in [1.29, 1.82) is 0 Å². The van der Waals surface area contributed by atoms with Crippen LogP contribution in [0.3, 0.4) is 0 Å². The van der Waals surface area contributed by atoms with Gasteiger partial charge in [-0.3, -0.25) is 4.98 Å². The van der Waals surface area contributed by atoms with Crippen molar-refractivity contribution in [2.24, 2.45) is 5.92 Å². The van der Waals surface area contributed by atoms with Gasteiger partial charge in [0.05, 0.1) is 11.6 Å². The molecule has 0 unspecified atom stereocenters. The molecule has 146 valence electrons. The normalized spacial score (nSPS) is 20.6. The first-order valence-electron chi connectivity index (χ1n) is 8.90. The maximum Gasteiger partial charge on any atom is 0.410 e. The molecule has 1 aliphatic rings. The Kier molecular flexibility index (Phi) is 5.67. The summed E-state index contributed by atoms with van der Waals surface area (Å²) in [5.74, 6) is 0.339. The fourth-order valence-corrected chi connectivity index (χ4v) is 3.19. The van der Waals surface area contributed by atoms with Crippen LogP contribution in [-0.2, 0) is 4.74 Å². The van der Waals surface area contributed by atoms with E-state index in [4.69, 9.17) is 16.3 Å². The maximum absolute atomic E-state index is 12.3. The third-order valence-electron chi connectivity index (χ3n) is 4.30. The highest BCUT2D eigenvalue weighted by Gasteiger charge is 2.32. The predicted molar refractivity (Wildman–Crippen MR) is 103 cm³/mol. The molecule has 0 radical (unpaired) electrons. The molecule has 2 atom stereocenters. The molecule has 0 spiro atoms. The van der Waals surface area contributed by atoms with E-state index in [1.807, 2.05) is 20.8 Å². The van der Waals surface area contributed by atoms with Gasteiger partial charge in [0.2, 0.25) is 0 Å². The molecule has 1 aliphatic heterocycles. The Morgan fingerprint density at radius 3 is 2.89 bits per heavy atom. The van der Waals surface area contributed by atoms with Crippen molar-refractivity contribution in [3.8, 4) is 0 Å². The smallest absolute Gasteiger partial charge is 0.410 e. The first-order valence-corrected chi connectivity index (χ1v) is 9.28. The SMILES string of the molecule is CC(C)(C)OC(=O)N1CC[C@@H](O)[C@H](CNc2nc(Cl)cc3nccnc23)C1. The number of piperidine rings is 1. The number of pyridine rings is 1. The highest BCUT2D eigenvalue weighted by atomic mass is 35.5. The Morgan fingerprint density at radius 1 is 1.41 bits per heavy atom. The molecule has 2 aromatic heterocycles. The van der Waals surface area contributed by atoms with E-state index in [1.54, 1.807) is 23.4 Å². The van der Waals surface area contributed by atoms with Crippen molar-refractivity contribution in [3.63, 3.8) is 0 Å². The number of ether oxygens (including phenoxy) is 1. The molecule has 0 saturated carbocycles. The molecule has 27 heavy (non-hydrogen) atoms. The quantitative estimate of drug-likeness (QED) is 0.773. The zero-order valence-corrected chi connectivity index (χ0v) is 16.4. The van der Waals surface area contributed by atoms with Gasteiger partial charge in [-0.25, -0.2) is 14.8 Å². The number of anilines is 1. The van der Waals surface area contributed by atoms with Gasteiger partial charge in [-0.2, -0.15) is 0 Å². The second-order valence-corrected chi connectivity index (χ2v) is 8.03. The van der Waals surface area contributed by atoms with E-state index in [-0.39, 0.29) is 12.0 Å². The van der Waals surface area contributed by atoms with Crippen LogP contribution in [0.2, 0.25) is 5.15 Å². The van der Waals surface area contributed by atoms with Gasteiger partial charge in [0, 0.05) is 44.0 Å². The minimum atomic E-state index is -0.552. The van der Waals surface area contributed by atoms with Gasteiger partial charge >= 0.3 is 6.09 Å². The van der Waals surface area contributed by atoms with Crippen molar-refractivity contribution in [2.75, 3.05) is 25.0 Å². The lowest BCUT2D eigenvalue weighted by atomic mass is 9.95. The molecular weight excluding hydrogens is 370 g/mol. The highest BCUT2D eigenvalue weighted by Crippen LogP contribution is 2.24. The molecule has 3 rings (SSSR count). The highest BCUT2D eigenvalue weighted by molar-refractivity contribution is 6.30. The topological polar surface area (TPSA) is 100 Å². The van der Waals surface area contributed by atoms with Crippen LogP contribution in [0, 0.1) is 5.92 Å². The molecule has 1 saturated heterocycles. The summed E-state index contributed by atoms with van der Waals surface area (Å²) in [6, 6.07) is 1.65. The van der Waals surface area contributed by atoms with Gasteiger partial charge in [-0.05, 0) is 27.2 Å². The first kappa shape index (κ1) is 19.6. The largest absolute Gasteiger partial charge is 0.444 e. The molecule has 2 N–H and O–H groups in total. The van der Waals surface area contributed by atoms with Crippen LogP contribution in [0.15, 0.2) is 18.5 Å². The molecular formula is C18H24ClN5O3. The molecule has 3 heterocycles. The van der Waals surface area contributed by atoms with E-state index >= 15 is 0 Å². The van der Waals surface area contributed by atoms with E-state index in [0.29, 0.717) is 48.1 Å². The Morgan fingerprint density at radius 2 is 2.15 bits per heavy atom. The van der Waals surface area contributed by atoms with Gasteiger partial charge < -0.3 is 20.1 Å². The fourth-order valence-electron chi connectivity index (χ4n) is 3.01. The van der Waals surface area contributed by atoms with Crippen molar-refractivity contribution < 1.29 is 14.6 Å². The number of aromatic nitrogens is 3. The molecule has 0 aliphatic carbocycles. The van der Waals surface area contributed by atoms with E-state index < -0.39 is 11.7 Å². The zero-order valence-electron chi connectivity index (χ0n) is 15.6. The fraction of sp³-hybridized carbons (Fsp3) is 0.556. The average molecular weight is 394 g/mol. The second-order valence-electron chi connectivity index (χ2n) is 7.64. The Labute approximate surface area is 162 Å². The number of carbonyl (C=O) groups is 1. The Bertz CT molecular complexity index is 826. The van der Waals surface area contributed by atoms with Gasteiger partial charge in [-0.15, -0.1) is 0 Å². The van der Waals surface area contributed by atoms with Crippen LogP contribution in [0.5, 0.6) is 0 Å². The van der Waals surface area contributed by atoms with E-state index in [0.717, 1.165) is 0 Å². The van der Waals surface area contributed by atoms with E-state index in [9.17, 15) is 9.90 Å². The Hall–Kier alpha value is -2.19. The van der Waals surface area contributed by atoms with Crippen LogP contribution in [0.1, 0.15) is 27.2 Å². The number of carbonyl (C=O) groups excluding carboxylic acids is 1. The minimum Gasteiger partial charge on any atom is -0.444 e. The third-order valence-corrected chi connectivity index (χ3v) is 4.50. The summed E-state index contributed by atoms with van der Waals surface area (Å²) in [6.45, 7) is 6.78. The van der Waals surface area contributed by atoms with Gasteiger partial charge in [0.15, 0.2) is 5.82 Å². The lowest BCUT2D eigenvalue weighted by Crippen LogP contribution is -2.49. The molecule has 0 aromatic carbocycles. The van der Waals surface area contributed by atoms with Gasteiger partial charge in [0.25, 0.3) is 0 Å². The van der Waals surface area contributed by atoms with Crippen molar-refractivity contribution in [1.82, 2.24) is 19.9 Å². The number of amides is 1. The summed E-state index contributed by atoms with van der Waals surface area (Å²) in [7, 11) is 0. The summed E-state index contributed by atoms with van der Waals surface area (Å²) < 4.78 is 5.43.